The van der Waals surface area contributed by atoms with E-state index in [2.05, 4.69) is 36.8 Å². The Morgan fingerprint density at radius 3 is 2.83 bits per heavy atom. The molecular weight excluding hydrogens is 308 g/mol. The Morgan fingerprint density at radius 2 is 2.17 bits per heavy atom. The lowest BCUT2D eigenvalue weighted by atomic mass is 10.3. The van der Waals surface area contributed by atoms with Gasteiger partial charge in [-0.15, -0.1) is 5.10 Å². The van der Waals surface area contributed by atoms with E-state index in [1.54, 1.807) is 0 Å². The first kappa shape index (κ1) is 13.0. The molecule has 2 aromatic rings. The molecule has 0 saturated carbocycles. The fourth-order valence-electron chi connectivity index (χ4n) is 1.46. The summed E-state index contributed by atoms with van der Waals surface area (Å²) < 4.78 is 28.3. The number of rotatable bonds is 4. The zero-order chi connectivity index (χ0) is 13.1. The molecule has 0 saturated heterocycles. The molecule has 1 aromatic carbocycles. The fourth-order valence-corrected chi connectivity index (χ4v) is 2.04. The van der Waals surface area contributed by atoms with E-state index in [4.69, 9.17) is 0 Å². The Bertz CT molecular complexity index is 534. The monoisotopic (exact) mass is 317 g/mol. The van der Waals surface area contributed by atoms with Crippen LogP contribution in [0, 0.1) is 11.6 Å². The first-order chi connectivity index (χ1) is 8.63. The first-order valence-electron chi connectivity index (χ1n) is 5.26. The van der Waals surface area contributed by atoms with Crippen LogP contribution in [0.5, 0.6) is 0 Å². The predicted octanol–water partition coefficient (Wildman–Crippen LogP) is 1.81. The minimum Gasteiger partial charge on any atom is -0.310 e. The number of tetrazole rings is 1. The van der Waals surface area contributed by atoms with E-state index >= 15 is 0 Å². The molecule has 1 heterocycles. The van der Waals surface area contributed by atoms with Gasteiger partial charge in [0.05, 0.1) is 6.54 Å². The van der Waals surface area contributed by atoms with Gasteiger partial charge in [-0.25, -0.2) is 8.78 Å². The van der Waals surface area contributed by atoms with Crippen molar-refractivity contribution >= 4 is 15.9 Å². The standard InChI is InChI=1S/C10H10BrF2N5/c1-2-14-5-9-15-16-17-18(9)10-7(11)3-6(12)4-8(10)13/h3-4,14H,2,5H2,1H3. The van der Waals surface area contributed by atoms with Crippen molar-refractivity contribution < 1.29 is 8.78 Å². The minimum absolute atomic E-state index is 0.0919. The van der Waals surface area contributed by atoms with E-state index in [9.17, 15) is 8.78 Å². The molecule has 96 valence electrons. The first-order valence-corrected chi connectivity index (χ1v) is 6.05. The van der Waals surface area contributed by atoms with Gasteiger partial charge in [-0.2, -0.15) is 4.68 Å². The van der Waals surface area contributed by atoms with Crippen LogP contribution in [0.1, 0.15) is 12.7 Å². The number of halogens is 3. The number of aromatic nitrogens is 4. The number of nitrogens with zero attached hydrogens (tertiary/aromatic N) is 4. The topological polar surface area (TPSA) is 55.6 Å². The molecule has 0 radical (unpaired) electrons. The third-order valence-corrected chi connectivity index (χ3v) is 2.87. The van der Waals surface area contributed by atoms with Crippen LogP contribution in [0.3, 0.4) is 0 Å². The molecule has 0 bridgehead atoms. The molecule has 0 amide bonds. The summed E-state index contributed by atoms with van der Waals surface area (Å²) >= 11 is 3.10. The molecule has 1 N–H and O–H groups in total. The SMILES string of the molecule is CCNCc1nnnn1-c1c(F)cc(F)cc1Br. The predicted molar refractivity (Wildman–Crippen MR) is 64.2 cm³/mol. The third-order valence-electron chi connectivity index (χ3n) is 2.26. The maximum Gasteiger partial charge on any atom is 0.170 e. The van der Waals surface area contributed by atoms with E-state index in [-0.39, 0.29) is 10.2 Å². The van der Waals surface area contributed by atoms with Crippen LogP contribution in [0.25, 0.3) is 5.69 Å². The van der Waals surface area contributed by atoms with Gasteiger partial charge >= 0.3 is 0 Å². The fraction of sp³-hybridized carbons (Fsp3) is 0.300. The Labute approximate surface area is 110 Å². The average molecular weight is 318 g/mol. The molecule has 0 aliphatic heterocycles. The van der Waals surface area contributed by atoms with Gasteiger partial charge < -0.3 is 5.32 Å². The highest BCUT2D eigenvalue weighted by Crippen LogP contribution is 2.25. The highest BCUT2D eigenvalue weighted by Gasteiger charge is 2.16. The summed E-state index contributed by atoms with van der Waals surface area (Å²) in [6, 6.07) is 1.95. The molecule has 0 spiro atoms. The van der Waals surface area contributed by atoms with Crippen molar-refractivity contribution in [2.24, 2.45) is 0 Å². The van der Waals surface area contributed by atoms with Gasteiger partial charge in [0.25, 0.3) is 0 Å². The number of benzene rings is 1. The summed E-state index contributed by atoms with van der Waals surface area (Å²) in [6.45, 7) is 3.06. The normalized spacial score (nSPS) is 10.9. The van der Waals surface area contributed by atoms with Crippen LogP contribution >= 0.6 is 15.9 Å². The number of nitrogens with one attached hydrogen (secondary N) is 1. The Balaban J connectivity index is 2.46. The summed E-state index contributed by atoms with van der Waals surface area (Å²) in [6.07, 6.45) is 0. The lowest BCUT2D eigenvalue weighted by Gasteiger charge is -2.08. The summed E-state index contributed by atoms with van der Waals surface area (Å²) in [5.74, 6) is -0.945. The van der Waals surface area contributed by atoms with E-state index < -0.39 is 11.6 Å². The molecule has 18 heavy (non-hydrogen) atoms. The number of hydrogen-bond acceptors (Lipinski definition) is 4. The summed E-state index contributed by atoms with van der Waals surface area (Å²) in [4.78, 5) is 0. The zero-order valence-electron chi connectivity index (χ0n) is 9.49. The van der Waals surface area contributed by atoms with Crippen molar-refractivity contribution in [3.05, 3.63) is 34.1 Å². The van der Waals surface area contributed by atoms with E-state index in [1.165, 1.54) is 4.68 Å². The van der Waals surface area contributed by atoms with Crippen molar-refractivity contribution in [2.45, 2.75) is 13.5 Å². The van der Waals surface area contributed by atoms with Gasteiger partial charge in [0.15, 0.2) is 11.6 Å². The Morgan fingerprint density at radius 1 is 1.39 bits per heavy atom. The van der Waals surface area contributed by atoms with E-state index in [1.807, 2.05) is 6.92 Å². The molecule has 0 unspecified atom stereocenters. The van der Waals surface area contributed by atoms with Crippen LogP contribution < -0.4 is 5.32 Å². The Hall–Kier alpha value is -1.41. The minimum atomic E-state index is -0.730. The molecule has 0 aliphatic carbocycles. The highest BCUT2D eigenvalue weighted by molar-refractivity contribution is 9.10. The van der Waals surface area contributed by atoms with Crippen LogP contribution in [0.4, 0.5) is 8.78 Å². The second-order valence-electron chi connectivity index (χ2n) is 3.51. The molecule has 0 atom stereocenters. The molecule has 0 aliphatic rings. The molecule has 8 heteroatoms. The largest absolute Gasteiger partial charge is 0.310 e. The van der Waals surface area contributed by atoms with Crippen LogP contribution in [0.15, 0.2) is 16.6 Å². The molecule has 5 nitrogen and oxygen atoms in total. The van der Waals surface area contributed by atoms with Gasteiger partial charge in [0.2, 0.25) is 0 Å². The second-order valence-corrected chi connectivity index (χ2v) is 4.36. The number of hydrogen-bond donors (Lipinski definition) is 1. The summed E-state index contributed by atoms with van der Waals surface area (Å²) in [5.41, 5.74) is 0.0919. The van der Waals surface area contributed by atoms with Crippen LogP contribution in [-0.4, -0.2) is 26.8 Å². The van der Waals surface area contributed by atoms with Gasteiger partial charge in [-0.1, -0.05) is 6.92 Å². The molecule has 0 fully saturated rings. The molecular formula is C10H10BrF2N5. The molecule has 1 aromatic heterocycles. The third kappa shape index (κ3) is 2.54. The van der Waals surface area contributed by atoms with Gasteiger partial charge in [0.1, 0.15) is 11.5 Å². The quantitative estimate of drug-likeness (QED) is 0.934. The van der Waals surface area contributed by atoms with Crippen LogP contribution in [0.2, 0.25) is 0 Å². The van der Waals surface area contributed by atoms with Crippen LogP contribution in [-0.2, 0) is 6.54 Å². The van der Waals surface area contributed by atoms with Crippen molar-refractivity contribution in [1.29, 1.82) is 0 Å². The van der Waals surface area contributed by atoms with Crippen molar-refractivity contribution in [3.8, 4) is 5.69 Å². The Kier molecular flexibility index (Phi) is 3.97. The zero-order valence-corrected chi connectivity index (χ0v) is 11.1. The smallest absolute Gasteiger partial charge is 0.170 e. The summed E-state index contributed by atoms with van der Waals surface area (Å²) in [7, 11) is 0. The second kappa shape index (κ2) is 5.49. The lowest BCUT2D eigenvalue weighted by molar-refractivity contribution is 0.564. The maximum absolute atomic E-state index is 13.8. The van der Waals surface area contributed by atoms with E-state index in [0.717, 1.165) is 18.7 Å². The molecule has 2 rings (SSSR count). The van der Waals surface area contributed by atoms with Gasteiger partial charge in [0, 0.05) is 10.5 Å². The lowest BCUT2D eigenvalue weighted by Crippen LogP contribution is -2.17. The van der Waals surface area contributed by atoms with Crippen molar-refractivity contribution in [2.75, 3.05) is 6.54 Å². The average Bonchev–Trinajstić information content (AvgIpc) is 2.73. The van der Waals surface area contributed by atoms with Gasteiger partial charge in [-0.3, -0.25) is 0 Å². The highest BCUT2D eigenvalue weighted by atomic mass is 79.9. The van der Waals surface area contributed by atoms with E-state index in [0.29, 0.717) is 12.4 Å². The van der Waals surface area contributed by atoms with Crippen molar-refractivity contribution in [1.82, 2.24) is 25.5 Å². The van der Waals surface area contributed by atoms with Crippen molar-refractivity contribution in [3.63, 3.8) is 0 Å². The summed E-state index contributed by atoms with van der Waals surface area (Å²) in [5, 5.41) is 14.0. The van der Waals surface area contributed by atoms with Gasteiger partial charge in [-0.05, 0) is 39.0 Å². The maximum atomic E-state index is 13.8.